The maximum Gasteiger partial charge on any atom is 0.319 e. The number of benzene rings is 3. The number of aliphatic hydroxyl groups is 1. The molecule has 0 heterocycles. The normalized spacial score (nSPS) is 11.6. The van der Waals surface area contributed by atoms with Gasteiger partial charge in [0.2, 0.25) is 0 Å². The zero-order valence-corrected chi connectivity index (χ0v) is 14.4. The Morgan fingerprint density at radius 2 is 1.46 bits per heavy atom. The van der Waals surface area contributed by atoms with Gasteiger partial charge >= 0.3 is 6.03 Å². The molecule has 0 spiro atoms. The fraction of sp³-hybridized carbons (Fsp3) is 0.136. The number of para-hydroxylation sites is 1. The Balaban J connectivity index is 1.69. The summed E-state index contributed by atoms with van der Waals surface area (Å²) in [6.45, 7) is -0.164. The highest BCUT2D eigenvalue weighted by Gasteiger charge is 2.14. The SMILES string of the molecule is O=C(Nc1ccccc1Cc1ccccc1)NC(CO)c1ccccc1. The van der Waals surface area contributed by atoms with Gasteiger partial charge in [0.1, 0.15) is 0 Å². The van der Waals surface area contributed by atoms with Gasteiger partial charge in [-0.1, -0.05) is 78.9 Å². The van der Waals surface area contributed by atoms with Crippen molar-refractivity contribution in [2.75, 3.05) is 11.9 Å². The number of hydrogen-bond donors (Lipinski definition) is 3. The second-order valence-corrected chi connectivity index (χ2v) is 6.06. The number of carbonyl (C=O) groups excluding carboxylic acids is 1. The number of urea groups is 1. The second kappa shape index (κ2) is 8.83. The molecule has 0 radical (unpaired) electrons. The predicted octanol–water partition coefficient (Wildman–Crippen LogP) is 4.13. The molecular weight excluding hydrogens is 324 g/mol. The first kappa shape index (κ1) is 17.7. The number of amides is 2. The molecule has 1 unspecified atom stereocenters. The Hall–Kier alpha value is -3.11. The molecular formula is C22H22N2O2. The monoisotopic (exact) mass is 346 g/mol. The molecule has 1 atom stereocenters. The number of nitrogens with one attached hydrogen (secondary N) is 2. The molecule has 0 saturated carbocycles. The van der Waals surface area contributed by atoms with Gasteiger partial charge in [-0.25, -0.2) is 4.79 Å². The Bertz CT molecular complexity index is 835. The third-order valence-electron chi connectivity index (χ3n) is 4.19. The summed E-state index contributed by atoms with van der Waals surface area (Å²) in [7, 11) is 0. The van der Waals surface area contributed by atoms with Crippen LogP contribution in [0.1, 0.15) is 22.7 Å². The third-order valence-corrected chi connectivity index (χ3v) is 4.19. The second-order valence-electron chi connectivity index (χ2n) is 6.06. The Morgan fingerprint density at radius 1 is 0.846 bits per heavy atom. The van der Waals surface area contributed by atoms with E-state index in [1.54, 1.807) is 0 Å². The highest BCUT2D eigenvalue weighted by molar-refractivity contribution is 5.90. The maximum absolute atomic E-state index is 12.4. The van der Waals surface area contributed by atoms with Gasteiger partial charge in [0, 0.05) is 5.69 Å². The van der Waals surface area contributed by atoms with Crippen molar-refractivity contribution in [3.05, 3.63) is 102 Å². The van der Waals surface area contributed by atoms with Crippen LogP contribution in [0.15, 0.2) is 84.9 Å². The number of hydrogen-bond acceptors (Lipinski definition) is 2. The summed E-state index contributed by atoms with van der Waals surface area (Å²) in [5.74, 6) is 0. The van der Waals surface area contributed by atoms with Crippen LogP contribution >= 0.6 is 0 Å². The van der Waals surface area contributed by atoms with Gasteiger partial charge < -0.3 is 15.7 Å². The topological polar surface area (TPSA) is 61.4 Å². The van der Waals surface area contributed by atoms with Gasteiger partial charge in [-0.3, -0.25) is 0 Å². The summed E-state index contributed by atoms with van der Waals surface area (Å²) in [5, 5.41) is 15.3. The quantitative estimate of drug-likeness (QED) is 0.628. The van der Waals surface area contributed by atoms with Crippen molar-refractivity contribution < 1.29 is 9.90 Å². The summed E-state index contributed by atoms with van der Waals surface area (Å²) in [5.41, 5.74) is 3.84. The van der Waals surface area contributed by atoms with E-state index in [9.17, 15) is 9.90 Å². The van der Waals surface area contributed by atoms with E-state index >= 15 is 0 Å². The number of anilines is 1. The number of rotatable bonds is 6. The van der Waals surface area contributed by atoms with Gasteiger partial charge in [-0.2, -0.15) is 0 Å². The van der Waals surface area contributed by atoms with Crippen LogP contribution < -0.4 is 10.6 Å². The highest BCUT2D eigenvalue weighted by atomic mass is 16.3. The average Bonchev–Trinajstić information content (AvgIpc) is 2.69. The van der Waals surface area contributed by atoms with E-state index in [0.29, 0.717) is 0 Å². The molecule has 0 bridgehead atoms. The lowest BCUT2D eigenvalue weighted by Gasteiger charge is -2.18. The van der Waals surface area contributed by atoms with Crippen molar-refractivity contribution in [1.82, 2.24) is 5.32 Å². The summed E-state index contributed by atoms with van der Waals surface area (Å²) in [6.07, 6.45) is 0.736. The van der Waals surface area contributed by atoms with Crippen LogP contribution in [0.25, 0.3) is 0 Å². The van der Waals surface area contributed by atoms with E-state index in [-0.39, 0.29) is 12.6 Å². The van der Waals surface area contributed by atoms with E-state index in [1.807, 2.05) is 72.8 Å². The summed E-state index contributed by atoms with van der Waals surface area (Å²) < 4.78 is 0. The minimum atomic E-state index is -0.447. The fourth-order valence-corrected chi connectivity index (χ4v) is 2.85. The van der Waals surface area contributed by atoms with Gasteiger partial charge in [0.05, 0.1) is 12.6 Å². The van der Waals surface area contributed by atoms with E-state index in [0.717, 1.165) is 23.2 Å². The molecule has 3 aromatic rings. The van der Waals surface area contributed by atoms with Crippen LogP contribution in [0.2, 0.25) is 0 Å². The molecule has 0 saturated heterocycles. The zero-order chi connectivity index (χ0) is 18.2. The molecule has 0 fully saturated rings. The molecule has 0 aliphatic rings. The molecule has 3 N–H and O–H groups in total. The first-order valence-corrected chi connectivity index (χ1v) is 8.61. The lowest BCUT2D eigenvalue weighted by molar-refractivity contribution is 0.225. The Labute approximate surface area is 153 Å². The van der Waals surface area contributed by atoms with Crippen molar-refractivity contribution in [3.8, 4) is 0 Å². The minimum absolute atomic E-state index is 0.164. The molecule has 2 amide bonds. The van der Waals surface area contributed by atoms with Gasteiger partial charge in [0.25, 0.3) is 0 Å². The maximum atomic E-state index is 12.4. The fourth-order valence-electron chi connectivity index (χ4n) is 2.85. The number of carbonyl (C=O) groups is 1. The third kappa shape index (κ3) is 4.71. The molecule has 0 aliphatic heterocycles. The first-order valence-electron chi connectivity index (χ1n) is 8.61. The predicted molar refractivity (Wildman–Crippen MR) is 104 cm³/mol. The van der Waals surface area contributed by atoms with E-state index in [4.69, 9.17) is 0 Å². The van der Waals surface area contributed by atoms with Crippen molar-refractivity contribution >= 4 is 11.7 Å². The summed E-state index contributed by atoms with van der Waals surface area (Å²) in [6, 6.07) is 26.5. The first-order chi connectivity index (χ1) is 12.8. The van der Waals surface area contributed by atoms with E-state index in [2.05, 4.69) is 22.8 Å². The molecule has 132 valence electrons. The minimum Gasteiger partial charge on any atom is -0.394 e. The van der Waals surface area contributed by atoms with Crippen molar-refractivity contribution in [2.45, 2.75) is 12.5 Å². The molecule has 4 heteroatoms. The zero-order valence-electron chi connectivity index (χ0n) is 14.4. The average molecular weight is 346 g/mol. The summed E-state index contributed by atoms with van der Waals surface area (Å²) in [4.78, 5) is 12.4. The van der Waals surface area contributed by atoms with E-state index < -0.39 is 6.04 Å². The number of aliphatic hydroxyl groups excluding tert-OH is 1. The van der Waals surface area contributed by atoms with Crippen LogP contribution in [0.4, 0.5) is 10.5 Å². The highest BCUT2D eigenvalue weighted by Crippen LogP contribution is 2.19. The Kier molecular flexibility index (Phi) is 6.01. The lowest BCUT2D eigenvalue weighted by Crippen LogP contribution is -2.34. The molecule has 0 aliphatic carbocycles. The van der Waals surface area contributed by atoms with Crippen LogP contribution in [0, 0.1) is 0 Å². The lowest BCUT2D eigenvalue weighted by atomic mass is 10.0. The largest absolute Gasteiger partial charge is 0.394 e. The van der Waals surface area contributed by atoms with Gasteiger partial charge in [-0.15, -0.1) is 0 Å². The molecule has 3 aromatic carbocycles. The van der Waals surface area contributed by atoms with Gasteiger partial charge in [-0.05, 0) is 29.2 Å². The smallest absolute Gasteiger partial charge is 0.319 e. The van der Waals surface area contributed by atoms with Crippen molar-refractivity contribution in [1.29, 1.82) is 0 Å². The molecule has 0 aromatic heterocycles. The van der Waals surface area contributed by atoms with Crippen LogP contribution in [-0.2, 0) is 6.42 Å². The van der Waals surface area contributed by atoms with Crippen LogP contribution in [-0.4, -0.2) is 17.7 Å². The molecule has 4 nitrogen and oxygen atoms in total. The van der Waals surface area contributed by atoms with Crippen molar-refractivity contribution in [2.24, 2.45) is 0 Å². The Morgan fingerprint density at radius 3 is 2.15 bits per heavy atom. The molecule has 3 rings (SSSR count). The van der Waals surface area contributed by atoms with E-state index in [1.165, 1.54) is 5.56 Å². The standard InChI is InChI=1S/C22H22N2O2/c25-16-21(18-11-5-2-6-12-18)24-22(26)23-20-14-8-7-13-19(20)15-17-9-3-1-4-10-17/h1-14,21,25H,15-16H2,(H2,23,24,26). The van der Waals surface area contributed by atoms with Gasteiger partial charge in [0.15, 0.2) is 0 Å². The molecule has 26 heavy (non-hydrogen) atoms. The van der Waals surface area contributed by atoms with Crippen LogP contribution in [0.5, 0.6) is 0 Å². The van der Waals surface area contributed by atoms with Crippen molar-refractivity contribution in [3.63, 3.8) is 0 Å². The van der Waals surface area contributed by atoms with Crippen LogP contribution in [0.3, 0.4) is 0 Å². The summed E-state index contributed by atoms with van der Waals surface area (Å²) >= 11 is 0.